The highest BCUT2D eigenvalue weighted by Gasteiger charge is 2.30. The third-order valence-corrected chi connectivity index (χ3v) is 2.49. The second-order valence-electron chi connectivity index (χ2n) is 3.74. The van der Waals surface area contributed by atoms with Crippen molar-refractivity contribution in [2.45, 2.75) is 13.3 Å². The average molecular weight is 289 g/mol. The van der Waals surface area contributed by atoms with E-state index in [0.29, 0.717) is 11.3 Å². The topological polar surface area (TPSA) is 35.0 Å². The molecule has 3 nitrogen and oxygen atoms in total. The van der Waals surface area contributed by atoms with E-state index in [0.717, 1.165) is 5.56 Å². The largest absolute Gasteiger partial charge is 0.573 e. The molecule has 0 unspecified atom stereocenters. The first-order valence-corrected chi connectivity index (χ1v) is 5.58. The van der Waals surface area contributed by atoms with Gasteiger partial charge in [-0.3, -0.25) is 0 Å². The number of ether oxygens (including phenoxy) is 1. The molecule has 0 fully saturated rings. The van der Waals surface area contributed by atoms with E-state index in [1.807, 2.05) is 0 Å². The molecule has 0 spiro atoms. The molecule has 2 rings (SSSR count). The first-order valence-electron chi connectivity index (χ1n) is 5.20. The number of hydrogen-bond donors (Lipinski definition) is 0. The number of alkyl halides is 3. The van der Waals surface area contributed by atoms with Crippen LogP contribution in [0.5, 0.6) is 5.75 Å². The number of aryl methyl sites for hydroxylation is 1. The molecule has 0 aliphatic rings. The van der Waals surface area contributed by atoms with Gasteiger partial charge in [0.1, 0.15) is 5.75 Å². The number of aromatic nitrogens is 2. The highest BCUT2D eigenvalue weighted by Crippen LogP contribution is 2.27. The predicted molar refractivity (Wildman–Crippen MR) is 63.9 cm³/mol. The fourth-order valence-electron chi connectivity index (χ4n) is 1.53. The van der Waals surface area contributed by atoms with Gasteiger partial charge < -0.3 is 4.74 Å². The Morgan fingerprint density at radius 2 is 1.79 bits per heavy atom. The quantitative estimate of drug-likeness (QED) is 0.783. The van der Waals surface area contributed by atoms with E-state index in [9.17, 15) is 13.2 Å². The van der Waals surface area contributed by atoms with Crippen molar-refractivity contribution in [2.24, 2.45) is 0 Å². The molecule has 19 heavy (non-hydrogen) atoms. The molecule has 0 aliphatic heterocycles. The summed E-state index contributed by atoms with van der Waals surface area (Å²) in [6.07, 6.45) is -3.15. The lowest BCUT2D eigenvalue weighted by Gasteiger charge is -2.09. The van der Waals surface area contributed by atoms with Crippen molar-refractivity contribution in [1.29, 1.82) is 0 Å². The van der Waals surface area contributed by atoms with Crippen molar-refractivity contribution < 1.29 is 17.9 Å². The third kappa shape index (κ3) is 3.57. The van der Waals surface area contributed by atoms with Crippen LogP contribution < -0.4 is 4.74 Å². The van der Waals surface area contributed by atoms with E-state index in [1.165, 1.54) is 24.3 Å². The van der Waals surface area contributed by atoms with Crippen LogP contribution in [-0.4, -0.2) is 16.3 Å². The number of benzene rings is 1. The van der Waals surface area contributed by atoms with Crippen LogP contribution in [0.1, 0.15) is 5.56 Å². The molecule has 0 bridgehead atoms. The lowest BCUT2D eigenvalue weighted by Crippen LogP contribution is -2.16. The zero-order valence-electron chi connectivity index (χ0n) is 9.70. The summed E-state index contributed by atoms with van der Waals surface area (Å²) < 4.78 is 39.9. The fraction of sp³-hybridized carbons (Fsp3) is 0.167. The SMILES string of the molecule is Cc1cnc(Cl)nc1-c1ccc(OC(F)(F)F)cc1. The first-order chi connectivity index (χ1) is 8.85. The van der Waals surface area contributed by atoms with Gasteiger partial charge in [-0.05, 0) is 48.4 Å². The van der Waals surface area contributed by atoms with E-state index >= 15 is 0 Å². The van der Waals surface area contributed by atoms with Gasteiger partial charge in [0.25, 0.3) is 0 Å². The van der Waals surface area contributed by atoms with Crippen LogP contribution in [0.3, 0.4) is 0 Å². The average Bonchev–Trinajstić information content (AvgIpc) is 2.31. The number of nitrogens with zero attached hydrogens (tertiary/aromatic N) is 2. The zero-order chi connectivity index (χ0) is 14.0. The molecular formula is C12H8ClF3N2O. The van der Waals surface area contributed by atoms with E-state index in [1.54, 1.807) is 13.1 Å². The number of hydrogen-bond acceptors (Lipinski definition) is 3. The Morgan fingerprint density at radius 3 is 2.37 bits per heavy atom. The minimum atomic E-state index is -4.70. The minimum Gasteiger partial charge on any atom is -0.406 e. The van der Waals surface area contributed by atoms with Crippen molar-refractivity contribution >= 4 is 11.6 Å². The molecule has 1 aromatic heterocycles. The maximum Gasteiger partial charge on any atom is 0.573 e. The molecule has 0 saturated carbocycles. The number of halogens is 4. The highest BCUT2D eigenvalue weighted by molar-refractivity contribution is 6.28. The van der Waals surface area contributed by atoms with Gasteiger partial charge in [0.15, 0.2) is 0 Å². The van der Waals surface area contributed by atoms with Crippen molar-refractivity contribution in [3.63, 3.8) is 0 Å². The monoisotopic (exact) mass is 288 g/mol. The lowest BCUT2D eigenvalue weighted by atomic mass is 10.1. The van der Waals surface area contributed by atoms with Gasteiger partial charge in [0.2, 0.25) is 5.28 Å². The van der Waals surface area contributed by atoms with Gasteiger partial charge >= 0.3 is 6.36 Å². The van der Waals surface area contributed by atoms with E-state index < -0.39 is 6.36 Å². The Balaban J connectivity index is 2.30. The minimum absolute atomic E-state index is 0.0798. The molecule has 0 radical (unpaired) electrons. The summed E-state index contributed by atoms with van der Waals surface area (Å²) >= 11 is 5.69. The predicted octanol–water partition coefficient (Wildman–Crippen LogP) is 4.00. The Hall–Kier alpha value is -1.82. The molecule has 1 heterocycles. The van der Waals surface area contributed by atoms with Gasteiger partial charge in [-0.1, -0.05) is 0 Å². The zero-order valence-corrected chi connectivity index (χ0v) is 10.5. The molecular weight excluding hydrogens is 281 g/mol. The van der Waals surface area contributed by atoms with Crippen molar-refractivity contribution in [1.82, 2.24) is 9.97 Å². The number of rotatable bonds is 2. The van der Waals surface area contributed by atoms with Crippen LogP contribution in [0.2, 0.25) is 5.28 Å². The smallest absolute Gasteiger partial charge is 0.406 e. The van der Waals surface area contributed by atoms with Crippen LogP contribution in [0.4, 0.5) is 13.2 Å². The normalized spacial score (nSPS) is 11.4. The molecule has 7 heteroatoms. The van der Waals surface area contributed by atoms with Gasteiger partial charge in [-0.2, -0.15) is 0 Å². The van der Waals surface area contributed by atoms with E-state index in [2.05, 4.69) is 14.7 Å². The fourth-order valence-corrected chi connectivity index (χ4v) is 1.66. The summed E-state index contributed by atoms with van der Waals surface area (Å²) in [6, 6.07) is 5.40. The second kappa shape index (κ2) is 5.05. The van der Waals surface area contributed by atoms with Gasteiger partial charge in [-0.25, -0.2) is 9.97 Å². The van der Waals surface area contributed by atoms with Crippen LogP contribution in [0.25, 0.3) is 11.3 Å². The van der Waals surface area contributed by atoms with Crippen LogP contribution >= 0.6 is 11.6 Å². The van der Waals surface area contributed by atoms with Crippen molar-refractivity contribution in [2.75, 3.05) is 0 Å². The van der Waals surface area contributed by atoms with Crippen LogP contribution in [0, 0.1) is 6.92 Å². The van der Waals surface area contributed by atoms with Crippen LogP contribution in [0.15, 0.2) is 30.5 Å². The summed E-state index contributed by atoms with van der Waals surface area (Å²) in [5, 5.41) is 0.0798. The van der Waals surface area contributed by atoms with E-state index in [4.69, 9.17) is 11.6 Å². The Morgan fingerprint density at radius 1 is 1.16 bits per heavy atom. The van der Waals surface area contributed by atoms with Crippen LogP contribution in [-0.2, 0) is 0 Å². The first kappa shape index (κ1) is 13.6. The van der Waals surface area contributed by atoms with Crippen molar-refractivity contribution in [3.8, 4) is 17.0 Å². The molecule has 1 aromatic carbocycles. The summed E-state index contributed by atoms with van der Waals surface area (Å²) in [4.78, 5) is 7.85. The standard InChI is InChI=1S/C12H8ClF3N2O/c1-7-6-17-11(13)18-10(7)8-2-4-9(5-3-8)19-12(14,15)16/h2-6H,1H3. The van der Waals surface area contributed by atoms with Gasteiger partial charge in [0.05, 0.1) is 5.69 Å². The summed E-state index contributed by atoms with van der Waals surface area (Å²) in [7, 11) is 0. The maximum atomic E-state index is 12.0. The Labute approximate surface area is 112 Å². The molecule has 0 amide bonds. The second-order valence-corrected chi connectivity index (χ2v) is 4.08. The molecule has 0 aliphatic carbocycles. The van der Waals surface area contributed by atoms with E-state index in [-0.39, 0.29) is 11.0 Å². The molecule has 100 valence electrons. The molecule has 0 N–H and O–H groups in total. The maximum absolute atomic E-state index is 12.0. The van der Waals surface area contributed by atoms with Gasteiger partial charge in [-0.15, -0.1) is 13.2 Å². The molecule has 0 saturated heterocycles. The highest BCUT2D eigenvalue weighted by atomic mass is 35.5. The molecule has 2 aromatic rings. The summed E-state index contributed by atoms with van der Waals surface area (Å²) in [6.45, 7) is 1.78. The Bertz CT molecular complexity index is 585. The molecule has 0 atom stereocenters. The lowest BCUT2D eigenvalue weighted by molar-refractivity contribution is -0.274. The summed E-state index contributed by atoms with van der Waals surface area (Å²) in [5.41, 5.74) is 1.98. The van der Waals surface area contributed by atoms with Gasteiger partial charge in [0, 0.05) is 11.8 Å². The van der Waals surface area contributed by atoms with Crippen molar-refractivity contribution in [3.05, 3.63) is 41.3 Å². The Kier molecular flexibility index (Phi) is 3.61. The summed E-state index contributed by atoms with van der Waals surface area (Å²) in [5.74, 6) is -0.283. The third-order valence-electron chi connectivity index (χ3n) is 2.30.